The molecule has 0 bridgehead atoms. The average molecular weight is 638 g/mol. The van der Waals surface area contributed by atoms with E-state index in [1.165, 1.54) is 0 Å². The summed E-state index contributed by atoms with van der Waals surface area (Å²) in [4.78, 5) is 0. The summed E-state index contributed by atoms with van der Waals surface area (Å²) < 4.78 is 22.5. The van der Waals surface area contributed by atoms with Gasteiger partial charge in [-0.05, 0) is 56.0 Å². The molecular formula is C24H48BO4P4Rh+3. The van der Waals surface area contributed by atoms with Gasteiger partial charge in [0.1, 0.15) is 23.0 Å². The molecule has 197 valence electrons. The Morgan fingerprint density at radius 2 is 0.559 bits per heavy atom. The van der Waals surface area contributed by atoms with Crippen LogP contribution in [0.25, 0.3) is 0 Å². The van der Waals surface area contributed by atoms with E-state index in [4.69, 9.17) is 18.6 Å². The normalized spacial score (nSPS) is 12.9. The summed E-state index contributed by atoms with van der Waals surface area (Å²) in [5.41, 5.74) is 0. The van der Waals surface area contributed by atoms with Gasteiger partial charge in [-0.15, -0.1) is 0 Å². The van der Waals surface area contributed by atoms with Gasteiger partial charge in [-0.1, -0.05) is 24.3 Å². The Kier molecular flexibility index (Phi) is 20.4. The maximum absolute atomic E-state index is 5.63. The molecule has 0 aliphatic carbocycles. The smallest absolute Gasteiger partial charge is 0.609 e. The molecule has 0 unspecified atom stereocenters. The summed E-state index contributed by atoms with van der Waals surface area (Å²) in [6, 6.07) is 14.8. The van der Waals surface area contributed by atoms with Gasteiger partial charge < -0.3 is 18.6 Å². The molecule has 0 N–H and O–H groups in total. The van der Waals surface area contributed by atoms with Crippen LogP contribution < -0.4 is 18.6 Å². The van der Waals surface area contributed by atoms with Gasteiger partial charge in [0, 0.05) is 99.5 Å². The zero-order chi connectivity index (χ0) is 25.6. The van der Waals surface area contributed by atoms with Gasteiger partial charge in [0.05, 0.1) is 0 Å². The monoisotopic (exact) mass is 638 g/mol. The van der Waals surface area contributed by atoms with Crippen LogP contribution in [-0.2, 0) is 19.5 Å². The quantitative estimate of drug-likeness (QED) is 0.237. The number of rotatable bonds is 0. The fourth-order valence-corrected chi connectivity index (χ4v) is 2.06. The predicted octanol–water partition coefficient (Wildman–Crippen LogP) is 6.72. The van der Waals surface area contributed by atoms with Crippen LogP contribution >= 0.6 is 31.7 Å². The number of benzene rings is 2. The Morgan fingerprint density at radius 1 is 0.412 bits per heavy atom. The Bertz CT molecular complexity index is 653. The molecule has 4 nitrogen and oxygen atoms in total. The van der Waals surface area contributed by atoms with Crippen LogP contribution in [0, 0.1) is 0 Å². The molecule has 1 radical (unpaired) electrons. The molecule has 1 spiro atoms. The number of hydrogen-bond donors (Lipinski definition) is 0. The van der Waals surface area contributed by atoms with Crippen LogP contribution in [-0.4, -0.2) is 86.9 Å². The van der Waals surface area contributed by atoms with Crippen LogP contribution in [0.1, 0.15) is 0 Å². The van der Waals surface area contributed by atoms with Gasteiger partial charge in [0.25, 0.3) is 0 Å². The maximum Gasteiger partial charge on any atom is 0.777 e. The fourth-order valence-electron chi connectivity index (χ4n) is 2.06. The van der Waals surface area contributed by atoms with E-state index in [-0.39, 0.29) is 51.2 Å². The summed E-state index contributed by atoms with van der Waals surface area (Å²) >= 11 is 0. The summed E-state index contributed by atoms with van der Waals surface area (Å²) in [6.07, 6.45) is 0. The van der Waals surface area contributed by atoms with E-state index in [0.29, 0.717) is 23.0 Å². The fraction of sp³-hybridized carbons (Fsp3) is 0.500. The molecule has 2 aromatic carbocycles. The number of para-hydroxylation sites is 4. The van der Waals surface area contributed by atoms with Crippen molar-refractivity contribution in [3.63, 3.8) is 0 Å². The Morgan fingerprint density at radius 3 is 0.706 bits per heavy atom. The SMILES string of the molecule is C[PH+](C)C.C[PH+](C)C.C[PH+](C)C.C[PH+](C)C.[Rh].c1ccc2c(c1)O[B-]1(O2)Oc2ccccc2O1. The maximum atomic E-state index is 5.63. The second kappa shape index (κ2) is 19.2. The first-order valence-corrected chi connectivity index (χ1v) is 23.4. The van der Waals surface area contributed by atoms with Crippen molar-refractivity contribution in [3.05, 3.63) is 48.5 Å². The Balaban J connectivity index is 0. The minimum Gasteiger partial charge on any atom is -0.609 e. The van der Waals surface area contributed by atoms with Gasteiger partial charge in [0.2, 0.25) is 0 Å². The van der Waals surface area contributed by atoms with Crippen molar-refractivity contribution in [3.8, 4) is 23.0 Å². The van der Waals surface area contributed by atoms with Gasteiger partial charge in [0.15, 0.2) is 0 Å². The first kappa shape index (κ1) is 36.2. The van der Waals surface area contributed by atoms with E-state index in [2.05, 4.69) is 80.0 Å². The molecule has 0 atom stereocenters. The van der Waals surface area contributed by atoms with Crippen molar-refractivity contribution < 1.29 is 38.1 Å². The largest absolute Gasteiger partial charge is 0.777 e. The van der Waals surface area contributed by atoms with E-state index in [1.807, 2.05) is 48.5 Å². The first-order chi connectivity index (χ1) is 15.3. The molecule has 0 aromatic heterocycles. The topological polar surface area (TPSA) is 36.9 Å². The molecule has 0 saturated carbocycles. The molecular weight excluding hydrogens is 590 g/mol. The van der Waals surface area contributed by atoms with Crippen molar-refractivity contribution >= 4 is 38.6 Å². The second-order valence-corrected chi connectivity index (χ2v) is 21.9. The van der Waals surface area contributed by atoms with E-state index in [1.54, 1.807) is 0 Å². The number of hydrogen-bond acceptors (Lipinski definition) is 4. The van der Waals surface area contributed by atoms with E-state index in [9.17, 15) is 0 Å². The third kappa shape index (κ3) is 17.5. The summed E-state index contributed by atoms with van der Waals surface area (Å²) in [5.74, 6) is 2.56. The third-order valence-electron chi connectivity index (χ3n) is 2.78. The molecule has 2 aliphatic heterocycles. The Hall–Kier alpha value is 0.0483. The molecule has 0 fully saturated rings. The van der Waals surface area contributed by atoms with Crippen molar-refractivity contribution in [2.75, 3.05) is 80.0 Å². The standard InChI is InChI=1S/C12H8BO4.4C3H9P.Rh/c1-2-6-10-9(5-1)14-13(15-10)16-11-7-3-4-8-12(11)17-13;4*1-4(2)3;/h1-8H;4*1-3H3;/q-1;;;;;/p+4. The van der Waals surface area contributed by atoms with Crippen molar-refractivity contribution in [1.29, 1.82) is 0 Å². The molecule has 2 aliphatic rings. The molecule has 10 heteroatoms. The molecule has 4 rings (SSSR count). The zero-order valence-corrected chi connectivity index (χ0v) is 28.8. The van der Waals surface area contributed by atoms with Gasteiger partial charge in [-0.2, -0.15) is 0 Å². The zero-order valence-electron chi connectivity index (χ0n) is 23.2. The van der Waals surface area contributed by atoms with E-state index >= 15 is 0 Å². The minimum absolute atomic E-state index is 0. The van der Waals surface area contributed by atoms with Crippen LogP contribution in [0.4, 0.5) is 0 Å². The third-order valence-corrected chi connectivity index (χ3v) is 2.78. The first-order valence-electron chi connectivity index (χ1n) is 11.4. The van der Waals surface area contributed by atoms with Crippen molar-refractivity contribution in [2.45, 2.75) is 0 Å². The van der Waals surface area contributed by atoms with Crippen molar-refractivity contribution in [1.82, 2.24) is 0 Å². The molecule has 2 heterocycles. The molecule has 0 saturated heterocycles. The summed E-state index contributed by atoms with van der Waals surface area (Å²) in [6.45, 7) is 25.0. The van der Waals surface area contributed by atoms with Crippen molar-refractivity contribution in [2.24, 2.45) is 0 Å². The molecule has 34 heavy (non-hydrogen) atoms. The van der Waals surface area contributed by atoms with E-state index < -0.39 is 6.96 Å². The predicted molar refractivity (Wildman–Crippen MR) is 165 cm³/mol. The number of fused-ring (bicyclic) bond motifs is 2. The molecule has 2 aromatic rings. The van der Waals surface area contributed by atoms with Crippen LogP contribution in [0.5, 0.6) is 23.0 Å². The van der Waals surface area contributed by atoms with Crippen LogP contribution in [0.2, 0.25) is 0 Å². The summed E-state index contributed by atoms with van der Waals surface area (Å²) in [5, 5.41) is 0. The average Bonchev–Trinajstić information content (AvgIpc) is 3.17. The van der Waals surface area contributed by atoms with Gasteiger partial charge in [-0.25, -0.2) is 0 Å². The van der Waals surface area contributed by atoms with Crippen LogP contribution in [0.15, 0.2) is 48.5 Å². The Labute approximate surface area is 227 Å². The minimum atomic E-state index is -2.21. The van der Waals surface area contributed by atoms with E-state index in [0.717, 1.165) is 0 Å². The van der Waals surface area contributed by atoms with Gasteiger partial charge >= 0.3 is 6.96 Å². The van der Waals surface area contributed by atoms with Gasteiger partial charge in [-0.3, -0.25) is 0 Å². The van der Waals surface area contributed by atoms with Crippen LogP contribution in [0.3, 0.4) is 0 Å². The molecule has 0 amide bonds. The summed E-state index contributed by atoms with van der Waals surface area (Å²) in [7, 11) is 0.481. The second-order valence-electron chi connectivity index (χ2n) is 9.94.